The molecule has 1 fully saturated rings. The van der Waals surface area contributed by atoms with E-state index in [1.54, 1.807) is 32.4 Å². The van der Waals surface area contributed by atoms with Crippen molar-refractivity contribution in [2.24, 2.45) is 0 Å². The second kappa shape index (κ2) is 9.43. The Morgan fingerprint density at radius 1 is 1.07 bits per heavy atom. The summed E-state index contributed by atoms with van der Waals surface area (Å²) in [5.74, 6) is 1.64. The summed E-state index contributed by atoms with van der Waals surface area (Å²) in [6.45, 7) is 3.10. The predicted molar refractivity (Wildman–Crippen MR) is 109 cm³/mol. The minimum absolute atomic E-state index is 0.184. The van der Waals surface area contributed by atoms with Gasteiger partial charge in [0.1, 0.15) is 5.75 Å². The lowest BCUT2D eigenvalue weighted by molar-refractivity contribution is -0.674. The number of carbonyl (C=O) groups excluding carboxylic acids is 2. The molecule has 1 aliphatic heterocycles. The first-order valence-electron chi connectivity index (χ1n) is 9.71. The Morgan fingerprint density at radius 3 is 2.59 bits per heavy atom. The first kappa shape index (κ1) is 20.7. The van der Waals surface area contributed by atoms with Crippen LogP contribution in [0.1, 0.15) is 18.9 Å². The van der Waals surface area contributed by atoms with Crippen LogP contribution in [0.5, 0.6) is 17.2 Å². The molecule has 0 aliphatic carbocycles. The molecule has 0 aromatic heterocycles. The maximum Gasteiger partial charge on any atom is 0.292 e. The molecule has 7 nitrogen and oxygen atoms in total. The Labute approximate surface area is 170 Å². The van der Waals surface area contributed by atoms with Gasteiger partial charge in [-0.15, -0.1) is 0 Å². The van der Waals surface area contributed by atoms with E-state index in [2.05, 4.69) is 0 Å². The van der Waals surface area contributed by atoms with Crippen molar-refractivity contribution in [3.8, 4) is 17.2 Å². The summed E-state index contributed by atoms with van der Waals surface area (Å²) in [5.41, 5.74) is 1.64. The third-order valence-corrected chi connectivity index (χ3v) is 4.90. The van der Waals surface area contributed by atoms with Gasteiger partial charge >= 0.3 is 0 Å². The Kier molecular flexibility index (Phi) is 6.72. The van der Waals surface area contributed by atoms with Crippen LogP contribution in [0.25, 0.3) is 0 Å². The number of methoxy groups -OCH3 is 2. The molecule has 1 aliphatic rings. The Hall–Kier alpha value is -3.06. The fraction of sp³-hybridized carbons (Fsp3) is 0.364. The van der Waals surface area contributed by atoms with Gasteiger partial charge in [0.2, 0.25) is 5.91 Å². The van der Waals surface area contributed by atoms with E-state index < -0.39 is 6.04 Å². The predicted octanol–water partition coefficient (Wildman–Crippen LogP) is 1.54. The van der Waals surface area contributed by atoms with Gasteiger partial charge in [-0.25, -0.2) is 4.90 Å². The number of nitrogens with zero attached hydrogens (tertiary/aromatic N) is 1. The minimum atomic E-state index is -0.404. The molecule has 1 heterocycles. The fourth-order valence-corrected chi connectivity index (χ4v) is 3.48. The van der Waals surface area contributed by atoms with E-state index in [0.29, 0.717) is 36.1 Å². The van der Waals surface area contributed by atoms with Crippen molar-refractivity contribution in [3.63, 3.8) is 0 Å². The second-order valence-corrected chi connectivity index (χ2v) is 6.77. The lowest BCUT2D eigenvalue weighted by Crippen LogP contribution is -2.92. The highest BCUT2D eigenvalue weighted by molar-refractivity contribution is 6.21. The van der Waals surface area contributed by atoms with Crippen LogP contribution in [-0.2, 0) is 16.0 Å². The molecule has 0 bridgehead atoms. The van der Waals surface area contributed by atoms with Crippen LogP contribution in [0.2, 0.25) is 0 Å². The van der Waals surface area contributed by atoms with Crippen LogP contribution in [0.15, 0.2) is 42.5 Å². The molecule has 2 aromatic rings. The average Bonchev–Trinajstić information content (AvgIpc) is 3.01. The third-order valence-electron chi connectivity index (χ3n) is 4.90. The summed E-state index contributed by atoms with van der Waals surface area (Å²) in [6, 6.07) is 12.4. The van der Waals surface area contributed by atoms with Crippen molar-refractivity contribution in [1.29, 1.82) is 0 Å². The van der Waals surface area contributed by atoms with Crippen LogP contribution in [0, 0.1) is 0 Å². The number of ether oxygens (including phenoxy) is 3. The normalized spacial score (nSPS) is 16.2. The highest BCUT2D eigenvalue weighted by atomic mass is 16.5. The average molecular weight is 399 g/mol. The van der Waals surface area contributed by atoms with Gasteiger partial charge in [0.25, 0.3) is 5.91 Å². The molecular weight excluding hydrogens is 372 g/mol. The molecule has 2 amide bonds. The van der Waals surface area contributed by atoms with Gasteiger partial charge in [-0.05, 0) is 36.8 Å². The van der Waals surface area contributed by atoms with Crippen molar-refractivity contribution in [2.75, 3.05) is 32.3 Å². The smallest absolute Gasteiger partial charge is 0.292 e. The molecule has 3 rings (SSSR count). The van der Waals surface area contributed by atoms with Crippen molar-refractivity contribution in [1.82, 2.24) is 0 Å². The van der Waals surface area contributed by atoms with E-state index in [4.69, 9.17) is 14.2 Å². The Balaban J connectivity index is 1.61. The SMILES string of the molecule is CCOc1cccc(N2C(=O)C[C@H]([NH2+]CCc3ccc(OC)c(OC)c3)C2=O)c1. The number of imide groups is 1. The van der Waals surface area contributed by atoms with Crippen molar-refractivity contribution >= 4 is 17.5 Å². The molecule has 2 N–H and O–H groups in total. The monoisotopic (exact) mass is 399 g/mol. The number of quaternary nitrogens is 1. The highest BCUT2D eigenvalue weighted by Gasteiger charge is 2.42. The molecule has 0 spiro atoms. The quantitative estimate of drug-likeness (QED) is 0.647. The summed E-state index contributed by atoms with van der Waals surface area (Å²) in [7, 11) is 3.20. The molecule has 29 heavy (non-hydrogen) atoms. The largest absolute Gasteiger partial charge is 0.494 e. The van der Waals surface area contributed by atoms with E-state index in [-0.39, 0.29) is 18.2 Å². The molecule has 2 aromatic carbocycles. The van der Waals surface area contributed by atoms with Gasteiger partial charge < -0.3 is 19.5 Å². The minimum Gasteiger partial charge on any atom is -0.494 e. The summed E-state index contributed by atoms with van der Waals surface area (Å²) >= 11 is 0. The first-order chi connectivity index (χ1) is 14.1. The van der Waals surface area contributed by atoms with Crippen LogP contribution in [0.3, 0.4) is 0 Å². The van der Waals surface area contributed by atoms with E-state index in [1.807, 2.05) is 36.5 Å². The van der Waals surface area contributed by atoms with Gasteiger partial charge in [0.05, 0.1) is 39.5 Å². The topological polar surface area (TPSA) is 81.7 Å². The molecule has 154 valence electrons. The number of anilines is 1. The van der Waals surface area contributed by atoms with Crippen LogP contribution in [-0.4, -0.2) is 45.2 Å². The third kappa shape index (κ3) is 4.68. The summed E-state index contributed by atoms with van der Waals surface area (Å²) < 4.78 is 16.1. The molecule has 7 heteroatoms. The van der Waals surface area contributed by atoms with Gasteiger partial charge in [0, 0.05) is 12.5 Å². The molecule has 1 atom stereocenters. The Bertz CT molecular complexity index is 883. The lowest BCUT2D eigenvalue weighted by Gasteiger charge is -2.15. The summed E-state index contributed by atoms with van der Waals surface area (Å²) in [6.07, 6.45) is 0.946. The maximum atomic E-state index is 12.8. The van der Waals surface area contributed by atoms with Gasteiger partial charge in [0.15, 0.2) is 17.5 Å². The standard InChI is InChI=1S/C22H26N2O5/c1-4-29-17-7-5-6-16(13-17)24-21(25)14-18(22(24)26)23-11-10-15-8-9-19(27-2)20(12-15)28-3/h5-9,12-13,18,23H,4,10-11,14H2,1-3H3/p+1/t18-/m0/s1. The highest BCUT2D eigenvalue weighted by Crippen LogP contribution is 2.28. The lowest BCUT2D eigenvalue weighted by atomic mass is 10.1. The molecule has 0 saturated carbocycles. The molecule has 0 radical (unpaired) electrons. The number of carbonyl (C=O) groups is 2. The zero-order valence-corrected chi connectivity index (χ0v) is 17.0. The Morgan fingerprint density at radius 2 is 1.86 bits per heavy atom. The van der Waals surface area contributed by atoms with Gasteiger partial charge in [-0.3, -0.25) is 9.59 Å². The zero-order valence-electron chi connectivity index (χ0n) is 17.0. The van der Waals surface area contributed by atoms with E-state index in [1.165, 1.54) is 4.90 Å². The molecule has 1 saturated heterocycles. The number of rotatable bonds is 9. The second-order valence-electron chi connectivity index (χ2n) is 6.77. The van der Waals surface area contributed by atoms with E-state index in [9.17, 15) is 9.59 Å². The van der Waals surface area contributed by atoms with E-state index >= 15 is 0 Å². The summed E-state index contributed by atoms with van der Waals surface area (Å²) in [4.78, 5) is 26.5. The van der Waals surface area contributed by atoms with Crippen molar-refractivity contribution in [2.45, 2.75) is 25.8 Å². The van der Waals surface area contributed by atoms with E-state index in [0.717, 1.165) is 12.0 Å². The number of hydrogen-bond acceptors (Lipinski definition) is 5. The molecule has 0 unspecified atom stereocenters. The molecular formula is C22H27N2O5+. The maximum absolute atomic E-state index is 12.8. The van der Waals surface area contributed by atoms with Crippen LogP contribution in [0.4, 0.5) is 5.69 Å². The van der Waals surface area contributed by atoms with Crippen LogP contribution >= 0.6 is 0 Å². The van der Waals surface area contributed by atoms with Crippen LogP contribution < -0.4 is 24.4 Å². The number of amides is 2. The number of benzene rings is 2. The zero-order chi connectivity index (χ0) is 20.8. The number of hydrogen-bond donors (Lipinski definition) is 1. The fourth-order valence-electron chi connectivity index (χ4n) is 3.48. The number of nitrogens with two attached hydrogens (primary N) is 1. The van der Waals surface area contributed by atoms with Gasteiger partial charge in [-0.2, -0.15) is 0 Å². The van der Waals surface area contributed by atoms with Gasteiger partial charge in [-0.1, -0.05) is 12.1 Å². The van der Waals surface area contributed by atoms with Crippen molar-refractivity contribution in [3.05, 3.63) is 48.0 Å². The van der Waals surface area contributed by atoms with Crippen molar-refractivity contribution < 1.29 is 29.1 Å². The summed E-state index contributed by atoms with van der Waals surface area (Å²) in [5, 5.41) is 1.93. The first-order valence-corrected chi connectivity index (χ1v) is 9.71.